The largest absolute Gasteiger partial charge is 0.388 e. The Bertz CT molecular complexity index is 247. The summed E-state index contributed by atoms with van der Waals surface area (Å²) in [5.74, 6) is 0. The Morgan fingerprint density at radius 1 is 1.50 bits per heavy atom. The van der Waals surface area contributed by atoms with Gasteiger partial charge in [0.1, 0.15) is 0 Å². The molecule has 66 valence electrons. The lowest BCUT2D eigenvalue weighted by atomic mass is 10.0. The van der Waals surface area contributed by atoms with Crippen LogP contribution >= 0.6 is 0 Å². The molecule has 0 spiro atoms. The van der Waals surface area contributed by atoms with Crippen LogP contribution in [-0.4, -0.2) is 5.11 Å². The normalized spacial score (nSPS) is 12.9. The predicted octanol–water partition coefficient (Wildman–Crippen LogP) is 1.59. The Kier molecular flexibility index (Phi) is 3.26. The van der Waals surface area contributed by atoms with E-state index in [0.29, 0.717) is 6.54 Å². The maximum atomic E-state index is 9.51. The number of rotatable bonds is 3. The molecule has 12 heavy (non-hydrogen) atoms. The Labute approximate surface area is 73.0 Å². The SMILES string of the molecule is CCC(O)c1cccc(CN)c1. The van der Waals surface area contributed by atoms with E-state index in [2.05, 4.69) is 0 Å². The number of aliphatic hydroxyl groups excluding tert-OH is 1. The van der Waals surface area contributed by atoms with Crippen LogP contribution in [0.15, 0.2) is 24.3 Å². The lowest BCUT2D eigenvalue weighted by molar-refractivity contribution is 0.173. The zero-order valence-corrected chi connectivity index (χ0v) is 7.33. The number of nitrogens with two attached hydrogens (primary N) is 1. The zero-order valence-electron chi connectivity index (χ0n) is 7.33. The Hall–Kier alpha value is -0.860. The van der Waals surface area contributed by atoms with E-state index in [1.165, 1.54) is 0 Å². The van der Waals surface area contributed by atoms with Crippen LogP contribution in [0.25, 0.3) is 0 Å². The summed E-state index contributed by atoms with van der Waals surface area (Å²) in [5.41, 5.74) is 7.51. The zero-order chi connectivity index (χ0) is 8.97. The van der Waals surface area contributed by atoms with Crippen molar-refractivity contribution in [1.82, 2.24) is 0 Å². The van der Waals surface area contributed by atoms with Crippen LogP contribution in [0.3, 0.4) is 0 Å². The fourth-order valence-electron chi connectivity index (χ4n) is 1.16. The fraction of sp³-hybridized carbons (Fsp3) is 0.400. The molecule has 3 N–H and O–H groups in total. The monoisotopic (exact) mass is 165 g/mol. The van der Waals surface area contributed by atoms with Gasteiger partial charge in [0.15, 0.2) is 0 Å². The van der Waals surface area contributed by atoms with E-state index in [1.54, 1.807) is 0 Å². The third-order valence-corrected chi connectivity index (χ3v) is 1.96. The van der Waals surface area contributed by atoms with Crippen LogP contribution in [0, 0.1) is 0 Å². The number of hydrogen-bond acceptors (Lipinski definition) is 2. The maximum Gasteiger partial charge on any atom is 0.0787 e. The molecule has 2 heteroatoms. The minimum absolute atomic E-state index is 0.350. The summed E-state index contributed by atoms with van der Waals surface area (Å²) in [7, 11) is 0. The van der Waals surface area contributed by atoms with Gasteiger partial charge in [-0.1, -0.05) is 31.2 Å². The molecule has 1 atom stereocenters. The molecular weight excluding hydrogens is 150 g/mol. The van der Waals surface area contributed by atoms with Crippen LogP contribution in [0.4, 0.5) is 0 Å². The number of benzene rings is 1. The van der Waals surface area contributed by atoms with Gasteiger partial charge >= 0.3 is 0 Å². The molecule has 1 rings (SSSR count). The molecule has 0 bridgehead atoms. The smallest absolute Gasteiger partial charge is 0.0787 e. The molecule has 0 heterocycles. The second kappa shape index (κ2) is 4.24. The molecule has 0 radical (unpaired) electrons. The first-order valence-corrected chi connectivity index (χ1v) is 4.25. The van der Waals surface area contributed by atoms with Crippen molar-refractivity contribution in [1.29, 1.82) is 0 Å². The summed E-state index contributed by atoms with van der Waals surface area (Å²) in [5, 5.41) is 9.51. The first-order valence-electron chi connectivity index (χ1n) is 4.25. The average Bonchev–Trinajstić information content (AvgIpc) is 2.17. The minimum Gasteiger partial charge on any atom is -0.388 e. The van der Waals surface area contributed by atoms with Crippen LogP contribution in [0.5, 0.6) is 0 Å². The first-order chi connectivity index (χ1) is 5.77. The molecule has 1 aromatic rings. The summed E-state index contributed by atoms with van der Waals surface area (Å²) >= 11 is 0. The molecule has 1 unspecified atom stereocenters. The summed E-state index contributed by atoms with van der Waals surface area (Å²) in [4.78, 5) is 0. The van der Waals surface area contributed by atoms with Crippen LogP contribution in [-0.2, 0) is 6.54 Å². The number of hydrogen-bond donors (Lipinski definition) is 2. The van der Waals surface area contributed by atoms with Gasteiger partial charge in [-0.2, -0.15) is 0 Å². The van der Waals surface area contributed by atoms with Crippen molar-refractivity contribution in [2.45, 2.75) is 26.0 Å². The molecule has 0 fully saturated rings. The summed E-state index contributed by atoms with van der Waals surface area (Å²) in [6.07, 6.45) is 0.394. The van der Waals surface area contributed by atoms with Crippen molar-refractivity contribution in [3.05, 3.63) is 35.4 Å². The van der Waals surface area contributed by atoms with Crippen molar-refractivity contribution >= 4 is 0 Å². The second-order valence-electron chi connectivity index (χ2n) is 2.87. The van der Waals surface area contributed by atoms with Gasteiger partial charge in [-0.3, -0.25) is 0 Å². The number of aliphatic hydroxyl groups is 1. The molecular formula is C10H15NO. The highest BCUT2D eigenvalue weighted by Gasteiger charge is 2.03. The quantitative estimate of drug-likeness (QED) is 0.714. The average molecular weight is 165 g/mol. The Morgan fingerprint density at radius 3 is 2.83 bits per heavy atom. The van der Waals surface area contributed by atoms with Gasteiger partial charge < -0.3 is 10.8 Å². The highest BCUT2D eigenvalue weighted by Crippen LogP contribution is 2.16. The van der Waals surface area contributed by atoms with Crippen molar-refractivity contribution in [2.24, 2.45) is 5.73 Å². The van der Waals surface area contributed by atoms with Crippen molar-refractivity contribution < 1.29 is 5.11 Å². The third kappa shape index (κ3) is 2.06. The molecule has 0 aliphatic heterocycles. The van der Waals surface area contributed by atoms with Crippen molar-refractivity contribution in [3.8, 4) is 0 Å². The second-order valence-corrected chi connectivity index (χ2v) is 2.87. The topological polar surface area (TPSA) is 46.2 Å². The lowest BCUT2D eigenvalue weighted by Gasteiger charge is -2.08. The minimum atomic E-state index is -0.350. The molecule has 0 amide bonds. The standard InChI is InChI=1S/C10H15NO/c1-2-10(12)9-5-3-4-8(6-9)7-11/h3-6,10,12H,2,7,11H2,1H3. The highest BCUT2D eigenvalue weighted by atomic mass is 16.3. The van der Waals surface area contributed by atoms with E-state index in [1.807, 2.05) is 31.2 Å². The van der Waals surface area contributed by atoms with Crippen LogP contribution in [0.1, 0.15) is 30.6 Å². The van der Waals surface area contributed by atoms with Crippen LogP contribution in [0.2, 0.25) is 0 Å². The molecule has 0 aromatic heterocycles. The van der Waals surface area contributed by atoms with Gasteiger partial charge in [-0.25, -0.2) is 0 Å². The lowest BCUT2D eigenvalue weighted by Crippen LogP contribution is -2.00. The van der Waals surface area contributed by atoms with E-state index < -0.39 is 0 Å². The van der Waals surface area contributed by atoms with Crippen molar-refractivity contribution in [2.75, 3.05) is 0 Å². The van der Waals surface area contributed by atoms with Gasteiger partial charge in [-0.15, -0.1) is 0 Å². The van der Waals surface area contributed by atoms with E-state index in [0.717, 1.165) is 17.5 Å². The molecule has 1 aromatic carbocycles. The van der Waals surface area contributed by atoms with Gasteiger partial charge in [0.2, 0.25) is 0 Å². The Morgan fingerprint density at radius 2 is 2.25 bits per heavy atom. The summed E-state index contributed by atoms with van der Waals surface area (Å²) in [6, 6.07) is 7.77. The van der Waals surface area contributed by atoms with Gasteiger partial charge in [0.05, 0.1) is 6.10 Å². The summed E-state index contributed by atoms with van der Waals surface area (Å²) in [6.45, 7) is 2.49. The van der Waals surface area contributed by atoms with E-state index in [-0.39, 0.29) is 6.10 Å². The molecule has 0 aliphatic carbocycles. The van der Waals surface area contributed by atoms with Gasteiger partial charge in [-0.05, 0) is 17.5 Å². The Balaban J connectivity index is 2.86. The summed E-state index contributed by atoms with van der Waals surface area (Å²) < 4.78 is 0. The molecule has 2 nitrogen and oxygen atoms in total. The van der Waals surface area contributed by atoms with Crippen LogP contribution < -0.4 is 5.73 Å². The molecule has 0 saturated heterocycles. The third-order valence-electron chi connectivity index (χ3n) is 1.96. The highest BCUT2D eigenvalue weighted by molar-refractivity contribution is 5.24. The van der Waals surface area contributed by atoms with E-state index in [9.17, 15) is 5.11 Å². The molecule has 0 saturated carbocycles. The fourth-order valence-corrected chi connectivity index (χ4v) is 1.16. The van der Waals surface area contributed by atoms with Crippen molar-refractivity contribution in [3.63, 3.8) is 0 Å². The predicted molar refractivity (Wildman–Crippen MR) is 49.6 cm³/mol. The van der Waals surface area contributed by atoms with Gasteiger partial charge in [0.25, 0.3) is 0 Å². The maximum absolute atomic E-state index is 9.51. The van der Waals surface area contributed by atoms with E-state index >= 15 is 0 Å². The van der Waals surface area contributed by atoms with Gasteiger partial charge in [0, 0.05) is 6.54 Å². The molecule has 0 aliphatic rings. The van der Waals surface area contributed by atoms with E-state index in [4.69, 9.17) is 5.73 Å². The first kappa shape index (κ1) is 9.23.